The van der Waals surface area contributed by atoms with E-state index in [4.69, 9.17) is 5.11 Å². The summed E-state index contributed by atoms with van der Waals surface area (Å²) in [4.78, 5) is 22.2. The van der Waals surface area contributed by atoms with Crippen LogP contribution in [0.25, 0.3) is 0 Å². The predicted molar refractivity (Wildman–Crippen MR) is 80.3 cm³/mol. The molecule has 0 fully saturated rings. The summed E-state index contributed by atoms with van der Waals surface area (Å²) in [5.41, 5.74) is 0.583. The first-order valence-corrected chi connectivity index (χ1v) is 7.54. The summed E-state index contributed by atoms with van der Waals surface area (Å²) in [5, 5.41) is 11.3. The molecule has 104 valence electrons. The van der Waals surface area contributed by atoms with E-state index in [0.29, 0.717) is 18.5 Å². The highest BCUT2D eigenvalue weighted by molar-refractivity contribution is 9.11. The Labute approximate surface area is 128 Å². The third-order valence-corrected chi connectivity index (χ3v) is 3.71. The van der Waals surface area contributed by atoms with Crippen LogP contribution >= 0.6 is 31.9 Å². The molecule has 0 aliphatic rings. The van der Waals surface area contributed by atoms with Gasteiger partial charge in [0, 0.05) is 21.9 Å². The van der Waals surface area contributed by atoms with Gasteiger partial charge in [-0.2, -0.15) is 0 Å². The van der Waals surface area contributed by atoms with Crippen LogP contribution in [0.15, 0.2) is 27.1 Å². The Morgan fingerprint density at radius 3 is 2.58 bits per heavy atom. The summed E-state index contributed by atoms with van der Waals surface area (Å²) < 4.78 is 1.60. The van der Waals surface area contributed by atoms with E-state index in [1.165, 1.54) is 0 Å². The number of benzene rings is 1. The lowest BCUT2D eigenvalue weighted by atomic mass is 10.2. The smallest absolute Gasteiger partial charge is 0.303 e. The van der Waals surface area contributed by atoms with Crippen LogP contribution in [0.3, 0.4) is 0 Å². The number of halogens is 2. The fraction of sp³-hybridized carbons (Fsp3) is 0.385. The van der Waals surface area contributed by atoms with E-state index in [9.17, 15) is 9.59 Å². The quantitative estimate of drug-likeness (QED) is 0.697. The van der Waals surface area contributed by atoms with Gasteiger partial charge in [0.2, 0.25) is 0 Å². The lowest BCUT2D eigenvalue weighted by molar-refractivity contribution is -0.137. The van der Waals surface area contributed by atoms with Crippen molar-refractivity contribution >= 4 is 43.7 Å². The van der Waals surface area contributed by atoms with Crippen molar-refractivity contribution < 1.29 is 14.7 Å². The van der Waals surface area contributed by atoms with Crippen molar-refractivity contribution in [1.82, 2.24) is 5.32 Å². The van der Waals surface area contributed by atoms with Gasteiger partial charge in [-0.15, -0.1) is 0 Å². The van der Waals surface area contributed by atoms with Crippen molar-refractivity contribution in [2.24, 2.45) is 0 Å². The molecule has 0 aromatic heterocycles. The lowest BCUT2D eigenvalue weighted by Gasteiger charge is -2.07. The van der Waals surface area contributed by atoms with Crippen LogP contribution in [-0.2, 0) is 4.79 Å². The third kappa shape index (κ3) is 6.20. The molecule has 0 saturated heterocycles. The number of nitrogens with one attached hydrogen (secondary N) is 1. The van der Waals surface area contributed by atoms with Crippen LogP contribution in [0, 0.1) is 0 Å². The highest BCUT2D eigenvalue weighted by atomic mass is 79.9. The Morgan fingerprint density at radius 2 is 1.89 bits per heavy atom. The average Bonchev–Trinajstić information content (AvgIpc) is 2.36. The molecular formula is C13H15Br2NO3. The van der Waals surface area contributed by atoms with E-state index in [0.717, 1.165) is 21.8 Å². The minimum Gasteiger partial charge on any atom is -0.481 e. The number of hydrogen-bond donors (Lipinski definition) is 2. The Morgan fingerprint density at radius 1 is 1.16 bits per heavy atom. The van der Waals surface area contributed by atoms with Gasteiger partial charge in [0.05, 0.1) is 5.56 Å². The number of carbonyl (C=O) groups is 2. The summed E-state index contributed by atoms with van der Waals surface area (Å²) >= 11 is 6.66. The largest absolute Gasteiger partial charge is 0.481 e. The normalized spacial score (nSPS) is 10.2. The van der Waals surface area contributed by atoms with Gasteiger partial charge < -0.3 is 10.4 Å². The van der Waals surface area contributed by atoms with Crippen LogP contribution in [0.1, 0.15) is 36.0 Å². The van der Waals surface area contributed by atoms with Crippen LogP contribution in [0.2, 0.25) is 0 Å². The maximum absolute atomic E-state index is 11.9. The molecule has 1 aromatic rings. The maximum Gasteiger partial charge on any atom is 0.303 e. The molecule has 0 aliphatic carbocycles. The fourth-order valence-corrected chi connectivity index (χ4v) is 2.33. The van der Waals surface area contributed by atoms with Gasteiger partial charge in [-0.1, -0.05) is 22.4 Å². The van der Waals surface area contributed by atoms with E-state index in [1.54, 1.807) is 6.07 Å². The topological polar surface area (TPSA) is 66.4 Å². The van der Waals surface area contributed by atoms with Crippen LogP contribution in [-0.4, -0.2) is 23.5 Å². The molecule has 0 spiro atoms. The highest BCUT2D eigenvalue weighted by Gasteiger charge is 2.09. The fourth-order valence-electron chi connectivity index (χ4n) is 1.55. The molecule has 0 heterocycles. The summed E-state index contributed by atoms with van der Waals surface area (Å²) in [5.74, 6) is -0.909. The minimum atomic E-state index is -0.776. The first-order chi connectivity index (χ1) is 9.00. The van der Waals surface area contributed by atoms with Crippen molar-refractivity contribution in [3.05, 3.63) is 32.7 Å². The molecule has 0 aliphatic heterocycles. The summed E-state index contributed by atoms with van der Waals surface area (Å²) in [6.45, 7) is 0.553. The number of aliphatic carboxylic acids is 1. The average molecular weight is 393 g/mol. The Hall–Kier alpha value is -0.880. The van der Waals surface area contributed by atoms with E-state index >= 15 is 0 Å². The molecule has 0 bridgehead atoms. The van der Waals surface area contributed by atoms with Crippen molar-refractivity contribution in [3.8, 4) is 0 Å². The van der Waals surface area contributed by atoms with E-state index in [1.807, 2.05) is 12.1 Å². The second-order valence-electron chi connectivity index (χ2n) is 4.08. The Bertz CT molecular complexity index is 463. The predicted octanol–water partition coefficient (Wildman–Crippen LogP) is 3.59. The number of unbranched alkanes of at least 4 members (excludes halogenated alkanes) is 2. The zero-order chi connectivity index (χ0) is 14.3. The maximum atomic E-state index is 11.9. The molecule has 1 rings (SSSR count). The molecule has 0 radical (unpaired) electrons. The zero-order valence-corrected chi connectivity index (χ0v) is 13.5. The number of carboxylic acids is 1. The second kappa shape index (κ2) is 8.32. The molecule has 1 amide bonds. The number of carbonyl (C=O) groups excluding carboxylic acids is 1. The Balaban J connectivity index is 2.31. The minimum absolute atomic E-state index is 0.133. The molecule has 2 N–H and O–H groups in total. The summed E-state index contributed by atoms with van der Waals surface area (Å²) in [6, 6.07) is 5.42. The standard InChI is InChI=1S/C13H15Br2NO3/c14-9-5-6-11(15)10(8-9)13(19)16-7-3-1-2-4-12(17)18/h5-6,8H,1-4,7H2,(H,16,19)(H,17,18). The first kappa shape index (κ1) is 16.2. The number of rotatable bonds is 7. The monoisotopic (exact) mass is 391 g/mol. The Kier molecular flexibility index (Phi) is 7.09. The number of amides is 1. The van der Waals surface area contributed by atoms with Gasteiger partial charge >= 0.3 is 5.97 Å². The van der Waals surface area contributed by atoms with Crippen molar-refractivity contribution in [2.75, 3.05) is 6.54 Å². The van der Waals surface area contributed by atoms with E-state index in [2.05, 4.69) is 37.2 Å². The molecule has 1 aromatic carbocycles. The highest BCUT2D eigenvalue weighted by Crippen LogP contribution is 2.21. The zero-order valence-electron chi connectivity index (χ0n) is 10.3. The molecule has 0 unspecified atom stereocenters. The number of carboxylic acid groups (broad SMARTS) is 1. The lowest BCUT2D eigenvalue weighted by Crippen LogP contribution is -2.24. The van der Waals surface area contributed by atoms with Crippen LogP contribution < -0.4 is 5.32 Å². The van der Waals surface area contributed by atoms with Crippen molar-refractivity contribution in [3.63, 3.8) is 0 Å². The van der Waals surface area contributed by atoms with Gasteiger partial charge in [0.25, 0.3) is 5.91 Å². The van der Waals surface area contributed by atoms with E-state index in [-0.39, 0.29) is 12.3 Å². The van der Waals surface area contributed by atoms with Gasteiger partial charge in [0.1, 0.15) is 0 Å². The molecule has 0 saturated carbocycles. The van der Waals surface area contributed by atoms with Gasteiger partial charge in [-0.25, -0.2) is 0 Å². The van der Waals surface area contributed by atoms with Crippen LogP contribution in [0.5, 0.6) is 0 Å². The van der Waals surface area contributed by atoms with Crippen molar-refractivity contribution in [2.45, 2.75) is 25.7 Å². The van der Waals surface area contributed by atoms with E-state index < -0.39 is 5.97 Å². The molecule has 6 heteroatoms. The van der Waals surface area contributed by atoms with Gasteiger partial charge in [-0.3, -0.25) is 9.59 Å². The van der Waals surface area contributed by atoms with Gasteiger partial charge in [-0.05, 0) is 47.0 Å². The molecule has 19 heavy (non-hydrogen) atoms. The van der Waals surface area contributed by atoms with Crippen molar-refractivity contribution in [1.29, 1.82) is 0 Å². The SMILES string of the molecule is O=C(O)CCCCCNC(=O)c1cc(Br)ccc1Br. The molecular weight excluding hydrogens is 378 g/mol. The second-order valence-corrected chi connectivity index (χ2v) is 5.85. The summed E-state index contributed by atoms with van der Waals surface area (Å²) in [7, 11) is 0. The molecule has 4 nitrogen and oxygen atoms in total. The van der Waals surface area contributed by atoms with Crippen LogP contribution in [0.4, 0.5) is 0 Å². The third-order valence-electron chi connectivity index (χ3n) is 2.53. The summed E-state index contributed by atoms with van der Waals surface area (Å²) in [6.07, 6.45) is 2.41. The number of hydrogen-bond acceptors (Lipinski definition) is 2. The molecule has 0 atom stereocenters. The first-order valence-electron chi connectivity index (χ1n) is 5.95. The van der Waals surface area contributed by atoms with Gasteiger partial charge in [0.15, 0.2) is 0 Å².